The lowest BCUT2D eigenvalue weighted by molar-refractivity contribution is -0.202. The van der Waals surface area contributed by atoms with Crippen molar-refractivity contribution in [3.05, 3.63) is 82.7 Å². The van der Waals surface area contributed by atoms with Crippen molar-refractivity contribution in [1.29, 1.82) is 0 Å². The van der Waals surface area contributed by atoms with Crippen LogP contribution in [0.1, 0.15) is 39.2 Å². The van der Waals surface area contributed by atoms with Gasteiger partial charge in [0.25, 0.3) is 5.91 Å². The van der Waals surface area contributed by atoms with Gasteiger partial charge in [-0.05, 0) is 69.0 Å². The lowest BCUT2D eigenvalue weighted by Crippen LogP contribution is -2.50. The number of hydrogen-bond donors (Lipinski definition) is 3. The minimum Gasteiger partial charge on any atom is -0.385 e. The number of nitrogens with zero attached hydrogens (tertiary/aromatic N) is 3. The summed E-state index contributed by atoms with van der Waals surface area (Å²) in [5, 5.41) is 10.9. The van der Waals surface area contributed by atoms with Crippen LogP contribution in [0.4, 0.5) is 19.0 Å². The largest absolute Gasteiger partial charge is 0.491 e. The average molecular weight is 675 g/mol. The molecule has 0 radical (unpaired) electrons. The van der Waals surface area contributed by atoms with Gasteiger partial charge in [-0.1, -0.05) is 29.8 Å². The number of hydrogen-bond acceptors (Lipinski definition) is 9. The number of sulfonamides is 1. The fraction of sp³-hybridized carbons (Fsp3) is 0.323. The normalized spacial score (nSPS) is 12.5. The third kappa shape index (κ3) is 8.71. The molecule has 0 aliphatic rings. The molecule has 0 aliphatic carbocycles. The minimum atomic E-state index is -5.51. The van der Waals surface area contributed by atoms with E-state index in [1.54, 1.807) is 43.0 Å². The Morgan fingerprint density at radius 3 is 2.36 bits per heavy atom. The van der Waals surface area contributed by atoms with Gasteiger partial charge >= 0.3 is 18.1 Å². The summed E-state index contributed by atoms with van der Waals surface area (Å²) in [7, 11) is -2.84. The minimum absolute atomic E-state index is 0.107. The zero-order chi connectivity index (χ0) is 34.5. The number of alkyl halides is 3. The van der Waals surface area contributed by atoms with Gasteiger partial charge < -0.3 is 15.4 Å². The van der Waals surface area contributed by atoms with Gasteiger partial charge in [-0.15, -0.1) is 0 Å². The zero-order valence-electron chi connectivity index (χ0n) is 25.9. The Balaban J connectivity index is 1.49. The Morgan fingerprint density at radius 2 is 1.72 bits per heavy atom. The van der Waals surface area contributed by atoms with Crippen LogP contribution in [-0.4, -0.2) is 66.3 Å². The van der Waals surface area contributed by atoms with Crippen LogP contribution in [0.5, 0.6) is 0 Å². The molecule has 0 spiro atoms. The van der Waals surface area contributed by atoms with E-state index in [0.29, 0.717) is 29.6 Å². The molecule has 1 amide bonds. The van der Waals surface area contributed by atoms with Gasteiger partial charge in [-0.2, -0.15) is 23.0 Å². The molecule has 4 rings (SSSR count). The highest BCUT2D eigenvalue weighted by Gasteiger charge is 2.44. The number of pyridine rings is 1. The summed E-state index contributed by atoms with van der Waals surface area (Å²) in [4.78, 5) is 41.1. The van der Waals surface area contributed by atoms with Crippen LogP contribution in [0.15, 0.2) is 59.6 Å². The second-order valence-electron chi connectivity index (χ2n) is 10.9. The van der Waals surface area contributed by atoms with Crippen molar-refractivity contribution in [3.8, 4) is 0 Å². The van der Waals surface area contributed by atoms with Crippen molar-refractivity contribution in [1.82, 2.24) is 24.8 Å². The first-order chi connectivity index (χ1) is 22.1. The van der Waals surface area contributed by atoms with Crippen LogP contribution in [-0.2, 0) is 37.8 Å². The molecule has 2 aromatic carbocycles. The lowest BCUT2D eigenvalue weighted by atomic mass is 10.1. The number of aromatic nitrogens is 3. The summed E-state index contributed by atoms with van der Waals surface area (Å²) in [6.45, 7) is 4.59. The summed E-state index contributed by atoms with van der Waals surface area (Å²) in [5.74, 6) is -4.69. The smallest absolute Gasteiger partial charge is 0.385 e. The number of aryl methyl sites for hydroxylation is 5. The van der Waals surface area contributed by atoms with Crippen LogP contribution < -0.4 is 15.4 Å². The highest BCUT2D eigenvalue weighted by atomic mass is 32.2. The van der Waals surface area contributed by atoms with Crippen molar-refractivity contribution in [2.24, 2.45) is 7.05 Å². The number of rotatable bonds is 12. The van der Waals surface area contributed by atoms with E-state index in [1.165, 1.54) is 26.0 Å². The van der Waals surface area contributed by atoms with E-state index in [0.717, 1.165) is 28.9 Å². The summed E-state index contributed by atoms with van der Waals surface area (Å²) in [6, 6.07) is 11.3. The van der Waals surface area contributed by atoms with Gasteiger partial charge in [0.05, 0.1) is 16.1 Å². The maximum absolute atomic E-state index is 13.3. The Bertz CT molecular complexity index is 1890. The molecule has 0 saturated carbocycles. The molecule has 16 heteroatoms. The summed E-state index contributed by atoms with van der Waals surface area (Å²) in [6.07, 6.45) is -2.45. The number of nitrogens with one attached hydrogen (secondary N) is 3. The number of anilines is 1. The maximum atomic E-state index is 13.3. The fourth-order valence-corrected chi connectivity index (χ4v) is 6.76. The first kappa shape index (κ1) is 35.0. The number of esters is 2. The molecule has 3 N–H and O–H groups in total. The van der Waals surface area contributed by atoms with Crippen molar-refractivity contribution >= 4 is 44.6 Å². The zero-order valence-corrected chi connectivity index (χ0v) is 26.8. The molecule has 12 nitrogen and oxygen atoms in total. The number of fused-ring (bicyclic) bond motifs is 1. The number of carbonyl (C=O) groups is 3. The molecule has 0 bridgehead atoms. The molecule has 2 heterocycles. The molecule has 4 aromatic rings. The molecule has 1 atom stereocenters. The predicted molar refractivity (Wildman–Crippen MR) is 166 cm³/mol. The van der Waals surface area contributed by atoms with Gasteiger partial charge in [-0.3, -0.25) is 9.48 Å². The second kappa shape index (κ2) is 14.3. The van der Waals surface area contributed by atoms with Crippen molar-refractivity contribution in [3.63, 3.8) is 0 Å². The topological polar surface area (TPSA) is 161 Å². The Labute approximate surface area is 268 Å². The van der Waals surface area contributed by atoms with Crippen LogP contribution in [0.3, 0.4) is 0 Å². The number of ether oxygens (including phenoxy) is 1. The van der Waals surface area contributed by atoms with E-state index in [1.807, 2.05) is 22.9 Å². The highest BCUT2D eigenvalue weighted by Crippen LogP contribution is 2.23. The molecular formula is C31H33F3N6O6S. The molecule has 2 aromatic heterocycles. The molecule has 250 valence electrons. The van der Waals surface area contributed by atoms with Gasteiger partial charge in [0, 0.05) is 37.3 Å². The van der Waals surface area contributed by atoms with E-state index >= 15 is 0 Å². The summed E-state index contributed by atoms with van der Waals surface area (Å²) in [5.41, 5.74) is 2.90. The fourth-order valence-electron chi connectivity index (χ4n) is 5.12. The van der Waals surface area contributed by atoms with E-state index in [2.05, 4.69) is 25.5 Å². The lowest BCUT2D eigenvalue weighted by Gasteiger charge is -2.20. The summed E-state index contributed by atoms with van der Waals surface area (Å²) >= 11 is 0. The Hall–Kier alpha value is -4.83. The number of halogens is 3. The molecule has 0 aliphatic heterocycles. The van der Waals surface area contributed by atoms with E-state index in [-0.39, 0.29) is 10.5 Å². The monoisotopic (exact) mass is 674 g/mol. The van der Waals surface area contributed by atoms with E-state index in [4.69, 9.17) is 0 Å². The number of carbonyl (C=O) groups excluding carboxylic acids is 3. The first-order valence-corrected chi connectivity index (χ1v) is 15.9. The van der Waals surface area contributed by atoms with Gasteiger partial charge in [0.15, 0.2) is 0 Å². The van der Waals surface area contributed by atoms with E-state index < -0.39 is 46.6 Å². The Kier molecular flexibility index (Phi) is 10.7. The molecule has 47 heavy (non-hydrogen) atoms. The van der Waals surface area contributed by atoms with Crippen molar-refractivity contribution < 1.29 is 40.7 Å². The van der Waals surface area contributed by atoms with Crippen LogP contribution in [0.25, 0.3) is 10.9 Å². The predicted octanol–water partition coefficient (Wildman–Crippen LogP) is 3.65. The third-order valence-corrected chi connectivity index (χ3v) is 8.87. The number of benzene rings is 2. The quantitative estimate of drug-likeness (QED) is 0.116. The Morgan fingerprint density at radius 1 is 1.02 bits per heavy atom. The van der Waals surface area contributed by atoms with Crippen LogP contribution in [0.2, 0.25) is 0 Å². The highest BCUT2D eigenvalue weighted by molar-refractivity contribution is 7.89. The SMILES string of the molecule is Cc1cc(C)c(S(=O)(=O)N[C@@H](CNC(=O)c2ccc3c(CCCNc4ccccn4)nn(C)c3c2)C(=O)OC(=O)C(F)(F)F)c(C)c1. The average Bonchev–Trinajstić information content (AvgIpc) is 3.30. The number of amides is 1. The van der Waals surface area contributed by atoms with Gasteiger partial charge in [0.2, 0.25) is 10.0 Å². The van der Waals surface area contributed by atoms with Gasteiger partial charge in [0.1, 0.15) is 11.9 Å². The molecular weight excluding hydrogens is 641 g/mol. The first-order valence-electron chi connectivity index (χ1n) is 14.4. The molecule has 0 fully saturated rings. The maximum Gasteiger partial charge on any atom is 0.491 e. The third-order valence-electron chi connectivity index (χ3n) is 7.10. The molecule has 0 unspecified atom stereocenters. The van der Waals surface area contributed by atoms with Crippen molar-refractivity contribution in [2.75, 3.05) is 18.4 Å². The summed E-state index contributed by atoms with van der Waals surface area (Å²) < 4.78 is 72.6. The second-order valence-corrected chi connectivity index (χ2v) is 12.5. The van der Waals surface area contributed by atoms with Gasteiger partial charge in [-0.25, -0.2) is 23.0 Å². The van der Waals surface area contributed by atoms with E-state index in [9.17, 15) is 36.0 Å². The van der Waals surface area contributed by atoms with Crippen LogP contribution >= 0.6 is 0 Å². The van der Waals surface area contributed by atoms with Crippen molar-refractivity contribution in [2.45, 2.75) is 50.7 Å². The van der Waals surface area contributed by atoms with Crippen LogP contribution in [0, 0.1) is 20.8 Å². The molecule has 0 saturated heterocycles. The standard InChI is InChI=1S/C31H33F3N6O6S/c1-18-14-19(2)27(20(3)15-18)47(44,45)39-24(29(42)46-30(43)31(32,33)34)17-37-28(41)21-10-11-22-23(38-40(4)25(22)16-21)8-7-13-36-26-9-5-6-12-35-26/h5-6,9-12,14-16,24,39H,7-8,13,17H2,1-4H3,(H,35,36)(H,37,41)/t24-/m0/s1.